The Hall–Kier alpha value is -3.30. The maximum atomic E-state index is 12.8. The van der Waals surface area contributed by atoms with E-state index in [1.165, 1.54) is 18.3 Å². The zero-order valence-electron chi connectivity index (χ0n) is 15.0. The van der Waals surface area contributed by atoms with Gasteiger partial charge in [-0.15, -0.1) is 0 Å². The lowest BCUT2D eigenvalue weighted by Crippen LogP contribution is -2.46. The van der Waals surface area contributed by atoms with Gasteiger partial charge in [0.1, 0.15) is 5.69 Å². The lowest BCUT2D eigenvalue weighted by molar-refractivity contribution is -0.138. The minimum absolute atomic E-state index is 0.0543. The Labute approximate surface area is 167 Å². The molecule has 0 aliphatic carbocycles. The van der Waals surface area contributed by atoms with Gasteiger partial charge in [0.2, 0.25) is 0 Å². The van der Waals surface area contributed by atoms with Crippen LogP contribution in [0.1, 0.15) is 21.6 Å². The number of hydrogen-bond donors (Lipinski definition) is 0. The highest BCUT2D eigenvalue weighted by atomic mass is 19.4. The van der Waals surface area contributed by atoms with Crippen LogP contribution in [-0.2, 0) is 17.0 Å². The molecule has 0 aliphatic heterocycles. The first kappa shape index (κ1) is 21.4. The van der Waals surface area contributed by atoms with Gasteiger partial charge in [0.15, 0.2) is 0 Å². The Balaban J connectivity index is 1.97. The lowest BCUT2D eigenvalue weighted by Gasteiger charge is -2.17. The van der Waals surface area contributed by atoms with E-state index in [0.717, 1.165) is 48.5 Å². The first-order valence-electron chi connectivity index (χ1n) is 8.52. The van der Waals surface area contributed by atoms with Crippen molar-refractivity contribution in [1.29, 1.82) is 0 Å². The molecule has 0 aliphatic rings. The summed E-state index contributed by atoms with van der Waals surface area (Å²) in [4.78, 5) is 16.2. The molecule has 2 aromatic carbocycles. The quantitative estimate of drug-likeness (QED) is 0.469. The normalized spacial score (nSPS) is 11.8. The second-order valence-corrected chi connectivity index (χ2v) is 6.24. The van der Waals surface area contributed by atoms with Crippen LogP contribution in [0.25, 0.3) is 0 Å². The predicted octanol–water partition coefficient (Wildman–Crippen LogP) is 4.08. The van der Waals surface area contributed by atoms with Crippen molar-refractivity contribution in [1.82, 2.24) is 4.98 Å². The van der Waals surface area contributed by atoms with E-state index >= 15 is 0 Å². The number of benzene rings is 2. The highest BCUT2D eigenvalue weighted by Gasteiger charge is 2.34. The summed E-state index contributed by atoms with van der Waals surface area (Å²) in [5.74, 6) is -0.875. The van der Waals surface area contributed by atoms with Gasteiger partial charge in [-0.25, -0.2) is 9.78 Å². The van der Waals surface area contributed by atoms with E-state index in [2.05, 4.69) is 4.98 Å². The molecule has 0 unspecified atom stereocenters. The molecule has 0 bridgehead atoms. The van der Waals surface area contributed by atoms with E-state index in [1.807, 2.05) is 0 Å². The summed E-state index contributed by atoms with van der Waals surface area (Å²) in [5.41, 5.74) is -1.55. The van der Waals surface area contributed by atoms with Crippen LogP contribution in [-0.4, -0.2) is 17.9 Å². The monoisotopic (exact) mass is 423 g/mol. The van der Waals surface area contributed by atoms with Gasteiger partial charge in [0.05, 0.1) is 11.1 Å². The third kappa shape index (κ3) is 5.00. The van der Waals surface area contributed by atoms with Crippen LogP contribution in [0.5, 0.6) is 0 Å². The molecule has 0 N–H and O–H groups in total. The van der Waals surface area contributed by atoms with Crippen LogP contribution in [0.3, 0.4) is 0 Å². The maximum Gasteiger partial charge on any atom is 0.429 e. The van der Waals surface area contributed by atoms with Gasteiger partial charge in [0.25, 0.3) is 0 Å². The Morgan fingerprint density at radius 2 is 1.20 bits per heavy atom. The van der Waals surface area contributed by atoms with Crippen molar-refractivity contribution in [3.63, 3.8) is 0 Å². The van der Waals surface area contributed by atoms with Crippen LogP contribution in [0.15, 0.2) is 72.9 Å². The summed E-state index contributed by atoms with van der Waals surface area (Å²) >= 11 is 0. The SMILES string of the molecule is O=C(OB(c1ccc(C(F)(F)F)cc1)c1ccc(C(F)(F)F)cc1)c1ccccn1. The number of carbonyl (C=O) groups is 1. The molecule has 1 heterocycles. The molecule has 154 valence electrons. The topological polar surface area (TPSA) is 39.2 Å². The molecule has 3 nitrogen and oxygen atoms in total. The zero-order valence-corrected chi connectivity index (χ0v) is 15.0. The van der Waals surface area contributed by atoms with Gasteiger partial charge < -0.3 is 4.65 Å². The van der Waals surface area contributed by atoms with Crippen molar-refractivity contribution in [2.24, 2.45) is 0 Å². The summed E-state index contributed by atoms with van der Waals surface area (Å²) in [7, 11) is 0. The van der Waals surface area contributed by atoms with Gasteiger partial charge in [-0.3, -0.25) is 0 Å². The minimum Gasteiger partial charge on any atom is -0.521 e. The molecule has 0 saturated carbocycles. The van der Waals surface area contributed by atoms with Crippen molar-refractivity contribution in [3.05, 3.63) is 89.7 Å². The smallest absolute Gasteiger partial charge is 0.429 e. The third-order valence-corrected chi connectivity index (χ3v) is 4.18. The number of aromatic nitrogens is 1. The third-order valence-electron chi connectivity index (χ3n) is 4.18. The second kappa shape index (κ2) is 8.21. The summed E-state index contributed by atoms with van der Waals surface area (Å²) in [6.45, 7) is -1.23. The molecule has 1 aromatic heterocycles. The fourth-order valence-electron chi connectivity index (χ4n) is 2.67. The number of rotatable bonds is 4. The van der Waals surface area contributed by atoms with E-state index < -0.39 is 36.4 Å². The van der Waals surface area contributed by atoms with E-state index in [9.17, 15) is 31.1 Å². The molecule has 3 aromatic rings. The van der Waals surface area contributed by atoms with Crippen LogP contribution in [0.4, 0.5) is 26.3 Å². The molecule has 0 spiro atoms. The van der Waals surface area contributed by atoms with E-state index in [4.69, 9.17) is 4.65 Å². The molecule has 0 saturated heterocycles. The average Bonchev–Trinajstić information content (AvgIpc) is 2.71. The average molecular weight is 423 g/mol. The molecule has 0 amide bonds. The van der Waals surface area contributed by atoms with Crippen molar-refractivity contribution in [3.8, 4) is 0 Å². The van der Waals surface area contributed by atoms with Crippen molar-refractivity contribution in [2.75, 3.05) is 0 Å². The number of hydrogen-bond acceptors (Lipinski definition) is 3. The molecule has 10 heteroatoms. The van der Waals surface area contributed by atoms with Gasteiger partial charge in [-0.05, 0) is 23.1 Å². The standard InChI is InChI=1S/C20H12BF6NO2/c22-19(23,24)13-4-8-15(9-5-13)21(30-18(29)17-3-1-2-12-28-17)16-10-6-14(7-11-16)20(25,26)27/h1-12H. The molecule has 0 radical (unpaired) electrons. The van der Waals surface area contributed by atoms with Crippen molar-refractivity contribution in [2.45, 2.75) is 12.4 Å². The van der Waals surface area contributed by atoms with Crippen molar-refractivity contribution >= 4 is 23.8 Å². The fourth-order valence-corrected chi connectivity index (χ4v) is 2.67. The van der Waals surface area contributed by atoms with Crippen LogP contribution in [0, 0.1) is 0 Å². The maximum absolute atomic E-state index is 12.8. The number of pyridine rings is 1. The predicted molar refractivity (Wildman–Crippen MR) is 97.6 cm³/mol. The highest BCUT2D eigenvalue weighted by Crippen LogP contribution is 2.29. The first-order valence-corrected chi connectivity index (χ1v) is 8.52. The number of nitrogens with zero attached hydrogens (tertiary/aromatic N) is 1. The largest absolute Gasteiger partial charge is 0.521 e. The summed E-state index contributed by atoms with van der Waals surface area (Å²) in [6.07, 6.45) is -7.78. The van der Waals surface area contributed by atoms with E-state index in [1.54, 1.807) is 6.07 Å². The van der Waals surface area contributed by atoms with Crippen LogP contribution in [0.2, 0.25) is 0 Å². The summed E-state index contributed by atoms with van der Waals surface area (Å²) in [6, 6.07) is 12.1. The Bertz CT molecular complexity index is 945. The van der Waals surface area contributed by atoms with Gasteiger partial charge in [0, 0.05) is 6.20 Å². The summed E-state index contributed by atoms with van der Waals surface area (Å²) < 4.78 is 82.4. The number of carbonyl (C=O) groups excluding carboxylic acids is 1. The Morgan fingerprint density at radius 3 is 1.57 bits per heavy atom. The molecule has 0 fully saturated rings. The molecule has 30 heavy (non-hydrogen) atoms. The number of halogens is 6. The van der Waals surface area contributed by atoms with Gasteiger partial charge in [-0.1, -0.05) is 54.6 Å². The zero-order chi connectivity index (χ0) is 21.9. The molecule has 0 atom stereocenters. The Kier molecular flexibility index (Phi) is 5.86. The minimum atomic E-state index is -4.56. The first-order chi connectivity index (χ1) is 14.1. The van der Waals surface area contributed by atoms with E-state index in [-0.39, 0.29) is 16.6 Å². The lowest BCUT2D eigenvalue weighted by atomic mass is 9.55. The van der Waals surface area contributed by atoms with Crippen molar-refractivity contribution < 1.29 is 35.8 Å². The second-order valence-electron chi connectivity index (χ2n) is 6.24. The molecular weight excluding hydrogens is 411 g/mol. The van der Waals surface area contributed by atoms with Gasteiger partial charge in [-0.2, -0.15) is 26.3 Å². The summed E-state index contributed by atoms with van der Waals surface area (Å²) in [5, 5.41) is 0. The van der Waals surface area contributed by atoms with E-state index in [0.29, 0.717) is 0 Å². The number of alkyl halides is 6. The molecule has 3 rings (SSSR count). The fraction of sp³-hybridized carbons (Fsp3) is 0.100. The molecular formula is C20H12BF6NO2. The van der Waals surface area contributed by atoms with Crippen LogP contribution >= 0.6 is 0 Å². The van der Waals surface area contributed by atoms with Crippen LogP contribution < -0.4 is 10.9 Å². The highest BCUT2D eigenvalue weighted by molar-refractivity contribution is 6.81. The van der Waals surface area contributed by atoms with Gasteiger partial charge >= 0.3 is 25.2 Å². The Morgan fingerprint density at radius 1 is 0.733 bits per heavy atom.